The second-order valence-electron chi connectivity index (χ2n) is 4.71. The number of nitrogens with one attached hydrogen (secondary N) is 1. The molecule has 2 aromatic carbocycles. The summed E-state index contributed by atoms with van der Waals surface area (Å²) in [7, 11) is 0. The quantitative estimate of drug-likeness (QED) is 0.821. The normalized spacial score (nSPS) is 25.0. The molecule has 2 aromatic rings. The zero-order valence-electron chi connectivity index (χ0n) is 10.0. The van der Waals surface area contributed by atoms with Crippen molar-refractivity contribution < 1.29 is 0 Å². The van der Waals surface area contributed by atoms with Gasteiger partial charge in [0.15, 0.2) is 0 Å². The average molecular weight is 243 g/mol. The topological polar surface area (TPSA) is 12.0 Å². The van der Waals surface area contributed by atoms with Crippen molar-refractivity contribution in [1.82, 2.24) is 5.32 Å². The molecule has 0 saturated carbocycles. The smallest absolute Gasteiger partial charge is 0.0412 e. The van der Waals surface area contributed by atoms with Crippen molar-refractivity contribution in [2.45, 2.75) is 18.2 Å². The van der Waals surface area contributed by atoms with Gasteiger partial charge in [-0.3, -0.25) is 0 Å². The Hall–Kier alpha value is -0.990. The third-order valence-corrected chi connectivity index (χ3v) is 4.64. The van der Waals surface area contributed by atoms with Crippen molar-refractivity contribution >= 4 is 22.5 Å². The minimum Gasteiger partial charge on any atom is -0.308 e. The molecule has 0 aromatic heterocycles. The number of thioether (sulfide) groups is 1. The molecule has 1 heterocycles. The minimum atomic E-state index is 0.515. The van der Waals surface area contributed by atoms with E-state index in [2.05, 4.69) is 66.5 Å². The Morgan fingerprint density at radius 2 is 1.94 bits per heavy atom. The van der Waals surface area contributed by atoms with Crippen LogP contribution in [0.4, 0.5) is 0 Å². The molecule has 88 valence electrons. The highest BCUT2D eigenvalue weighted by atomic mass is 32.2. The Morgan fingerprint density at radius 1 is 1.12 bits per heavy atom. The summed E-state index contributed by atoms with van der Waals surface area (Å²) in [5.74, 6) is 1.18. The Labute approximate surface area is 107 Å². The summed E-state index contributed by atoms with van der Waals surface area (Å²) in [6.07, 6.45) is 0. The fourth-order valence-electron chi connectivity index (χ4n) is 2.33. The molecule has 1 aliphatic heterocycles. The van der Waals surface area contributed by atoms with E-state index in [4.69, 9.17) is 0 Å². The van der Waals surface area contributed by atoms with Crippen LogP contribution in [-0.4, -0.2) is 17.5 Å². The lowest BCUT2D eigenvalue weighted by atomic mass is 10.0. The maximum absolute atomic E-state index is 3.63. The van der Waals surface area contributed by atoms with Gasteiger partial charge in [-0.1, -0.05) is 43.3 Å². The Balaban J connectivity index is 1.90. The predicted octanol–water partition coefficient (Wildman–Crippen LogP) is 3.61. The minimum absolute atomic E-state index is 0.515. The highest BCUT2D eigenvalue weighted by Gasteiger charge is 2.19. The van der Waals surface area contributed by atoms with Crippen molar-refractivity contribution in [2.24, 2.45) is 0 Å². The van der Waals surface area contributed by atoms with E-state index in [1.807, 2.05) is 0 Å². The Kier molecular flexibility index (Phi) is 3.08. The van der Waals surface area contributed by atoms with Crippen LogP contribution in [0.1, 0.15) is 18.5 Å². The van der Waals surface area contributed by atoms with Crippen molar-refractivity contribution in [2.75, 3.05) is 12.3 Å². The van der Waals surface area contributed by atoms with Gasteiger partial charge in [-0.15, -0.1) is 0 Å². The van der Waals surface area contributed by atoms with E-state index in [9.17, 15) is 0 Å². The highest BCUT2D eigenvalue weighted by molar-refractivity contribution is 8.00. The molecule has 1 nitrogen and oxygen atoms in total. The first-order valence-corrected chi connectivity index (χ1v) is 7.21. The molecule has 0 bridgehead atoms. The third kappa shape index (κ3) is 2.33. The Morgan fingerprint density at radius 3 is 2.71 bits per heavy atom. The van der Waals surface area contributed by atoms with Crippen LogP contribution in [0.3, 0.4) is 0 Å². The number of rotatable bonds is 1. The van der Waals surface area contributed by atoms with Gasteiger partial charge in [0.25, 0.3) is 0 Å². The van der Waals surface area contributed by atoms with E-state index < -0.39 is 0 Å². The molecule has 0 aliphatic carbocycles. The zero-order valence-corrected chi connectivity index (χ0v) is 10.8. The monoisotopic (exact) mass is 243 g/mol. The van der Waals surface area contributed by atoms with Crippen LogP contribution in [0, 0.1) is 0 Å². The fraction of sp³-hybridized carbons (Fsp3) is 0.333. The number of hydrogen-bond donors (Lipinski definition) is 1. The second-order valence-corrected chi connectivity index (χ2v) is 6.18. The molecule has 0 spiro atoms. The van der Waals surface area contributed by atoms with Gasteiger partial charge in [0, 0.05) is 23.6 Å². The van der Waals surface area contributed by atoms with Crippen LogP contribution in [0.2, 0.25) is 0 Å². The molecule has 3 rings (SSSR count). The zero-order chi connectivity index (χ0) is 11.7. The largest absolute Gasteiger partial charge is 0.308 e. The highest BCUT2D eigenvalue weighted by Crippen LogP contribution is 2.27. The standard InChI is InChI=1S/C15H17NS/c1-11-9-16-15(10-17-11)14-7-6-12-4-2-3-5-13(12)8-14/h2-8,11,15-16H,9-10H2,1H3. The molecular weight excluding hydrogens is 226 g/mol. The van der Waals surface area contributed by atoms with Gasteiger partial charge in [-0.2, -0.15) is 11.8 Å². The van der Waals surface area contributed by atoms with Gasteiger partial charge >= 0.3 is 0 Å². The summed E-state index contributed by atoms with van der Waals surface area (Å²) in [5.41, 5.74) is 1.42. The SMILES string of the molecule is CC1CNC(c2ccc3ccccc3c2)CS1. The van der Waals surface area contributed by atoms with Crippen molar-refractivity contribution in [3.8, 4) is 0 Å². The maximum Gasteiger partial charge on any atom is 0.0412 e. The summed E-state index contributed by atoms with van der Waals surface area (Å²) in [6.45, 7) is 3.40. The molecule has 0 amide bonds. The van der Waals surface area contributed by atoms with Crippen molar-refractivity contribution in [3.63, 3.8) is 0 Å². The third-order valence-electron chi connectivity index (χ3n) is 3.38. The second kappa shape index (κ2) is 4.71. The summed E-state index contributed by atoms with van der Waals surface area (Å²) in [4.78, 5) is 0. The lowest BCUT2D eigenvalue weighted by Gasteiger charge is -2.28. The molecule has 0 radical (unpaired) electrons. The number of benzene rings is 2. The van der Waals surface area contributed by atoms with Gasteiger partial charge in [0.05, 0.1) is 0 Å². The summed E-state index contributed by atoms with van der Waals surface area (Å²) in [5, 5.41) is 7.04. The van der Waals surface area contributed by atoms with E-state index in [0.717, 1.165) is 11.8 Å². The molecule has 1 N–H and O–H groups in total. The fourth-order valence-corrected chi connectivity index (χ4v) is 3.37. The van der Waals surface area contributed by atoms with E-state index in [1.54, 1.807) is 0 Å². The van der Waals surface area contributed by atoms with Crippen molar-refractivity contribution in [1.29, 1.82) is 0 Å². The van der Waals surface area contributed by atoms with Gasteiger partial charge in [0.2, 0.25) is 0 Å². The van der Waals surface area contributed by atoms with Gasteiger partial charge in [-0.05, 0) is 22.4 Å². The van der Waals surface area contributed by atoms with Crippen LogP contribution < -0.4 is 5.32 Å². The summed E-state index contributed by atoms with van der Waals surface area (Å²) in [6, 6.07) is 15.9. The van der Waals surface area contributed by atoms with Gasteiger partial charge < -0.3 is 5.32 Å². The lowest BCUT2D eigenvalue weighted by molar-refractivity contribution is 0.564. The number of fused-ring (bicyclic) bond motifs is 1. The average Bonchev–Trinajstić information content (AvgIpc) is 2.39. The van der Waals surface area contributed by atoms with E-state index in [-0.39, 0.29) is 0 Å². The van der Waals surface area contributed by atoms with E-state index in [1.165, 1.54) is 22.1 Å². The first kappa shape index (κ1) is 11.1. The van der Waals surface area contributed by atoms with E-state index >= 15 is 0 Å². The van der Waals surface area contributed by atoms with Crippen LogP contribution >= 0.6 is 11.8 Å². The molecule has 1 fully saturated rings. The van der Waals surface area contributed by atoms with Crippen LogP contribution in [0.25, 0.3) is 10.8 Å². The van der Waals surface area contributed by atoms with Crippen LogP contribution in [0.5, 0.6) is 0 Å². The van der Waals surface area contributed by atoms with Crippen LogP contribution in [0.15, 0.2) is 42.5 Å². The summed E-state index contributed by atoms with van der Waals surface area (Å²) < 4.78 is 0. The maximum atomic E-state index is 3.63. The van der Waals surface area contributed by atoms with Crippen LogP contribution in [-0.2, 0) is 0 Å². The Bertz CT molecular complexity index is 515. The van der Waals surface area contributed by atoms with Gasteiger partial charge in [-0.25, -0.2) is 0 Å². The summed E-state index contributed by atoms with van der Waals surface area (Å²) >= 11 is 2.06. The molecule has 2 heteroatoms. The predicted molar refractivity (Wildman–Crippen MR) is 76.6 cm³/mol. The molecule has 2 atom stereocenters. The first-order valence-electron chi connectivity index (χ1n) is 6.16. The van der Waals surface area contributed by atoms with Crippen molar-refractivity contribution in [3.05, 3.63) is 48.0 Å². The molecule has 1 aliphatic rings. The van der Waals surface area contributed by atoms with E-state index in [0.29, 0.717) is 6.04 Å². The molecule has 2 unspecified atom stereocenters. The van der Waals surface area contributed by atoms with Gasteiger partial charge in [0.1, 0.15) is 0 Å². The molecular formula is C15H17NS. The first-order chi connectivity index (χ1) is 8.33. The lowest BCUT2D eigenvalue weighted by Crippen LogP contribution is -2.34. The molecule has 1 saturated heterocycles. The molecule has 17 heavy (non-hydrogen) atoms. The number of hydrogen-bond acceptors (Lipinski definition) is 2.